The number of Topliss-reactive ketones (excluding diaryl/α,β-unsaturated/α-hetero) is 1. The molecule has 0 saturated carbocycles. The fourth-order valence-corrected chi connectivity index (χ4v) is 0.821. The van der Waals surface area contributed by atoms with Gasteiger partial charge < -0.3 is 0 Å². The van der Waals surface area contributed by atoms with Crippen LogP contribution in [-0.4, -0.2) is 18.6 Å². The van der Waals surface area contributed by atoms with Gasteiger partial charge in [0.15, 0.2) is 11.6 Å². The number of halogens is 1. The maximum Gasteiger partial charge on any atom is 0.162 e. The SMILES string of the molecule is [B]c1cncc(F)c1C(C)=O. The van der Waals surface area contributed by atoms with Gasteiger partial charge in [0, 0.05) is 11.8 Å². The van der Waals surface area contributed by atoms with Crippen LogP contribution < -0.4 is 5.46 Å². The average molecular weight is 149 g/mol. The van der Waals surface area contributed by atoms with Crippen molar-refractivity contribution in [3.05, 3.63) is 23.8 Å². The molecule has 0 unspecified atom stereocenters. The summed E-state index contributed by atoms with van der Waals surface area (Å²) in [4.78, 5) is 14.2. The molecule has 0 fully saturated rings. The Morgan fingerprint density at radius 1 is 1.64 bits per heavy atom. The topological polar surface area (TPSA) is 30.0 Å². The van der Waals surface area contributed by atoms with Crippen LogP contribution in [0.3, 0.4) is 0 Å². The van der Waals surface area contributed by atoms with Crippen molar-refractivity contribution in [2.24, 2.45) is 0 Å². The summed E-state index contributed by atoms with van der Waals surface area (Å²) in [5, 5.41) is 0. The number of carbonyl (C=O) groups is 1. The summed E-state index contributed by atoms with van der Waals surface area (Å²) in [7, 11) is 5.30. The molecule has 11 heavy (non-hydrogen) atoms. The largest absolute Gasteiger partial charge is 0.294 e. The molecular weight excluding hydrogens is 144 g/mol. The van der Waals surface area contributed by atoms with Crippen LogP contribution in [0.15, 0.2) is 12.4 Å². The smallest absolute Gasteiger partial charge is 0.162 e. The normalized spacial score (nSPS) is 9.64. The van der Waals surface area contributed by atoms with Gasteiger partial charge in [0.25, 0.3) is 0 Å². The summed E-state index contributed by atoms with van der Waals surface area (Å²) in [6.07, 6.45) is 2.22. The Morgan fingerprint density at radius 2 is 2.27 bits per heavy atom. The fraction of sp³-hybridized carbons (Fsp3) is 0.143. The molecule has 1 aromatic rings. The van der Waals surface area contributed by atoms with Crippen LogP contribution in [0.2, 0.25) is 0 Å². The summed E-state index contributed by atoms with van der Waals surface area (Å²) < 4.78 is 12.7. The summed E-state index contributed by atoms with van der Waals surface area (Å²) in [5.74, 6) is -1.06. The number of nitrogens with zero attached hydrogens (tertiary/aromatic N) is 1. The van der Waals surface area contributed by atoms with Crippen molar-refractivity contribution in [2.45, 2.75) is 6.92 Å². The lowest BCUT2D eigenvalue weighted by Crippen LogP contribution is -2.17. The van der Waals surface area contributed by atoms with Crippen LogP contribution in [-0.2, 0) is 0 Å². The van der Waals surface area contributed by atoms with Crippen molar-refractivity contribution in [1.82, 2.24) is 4.98 Å². The highest BCUT2D eigenvalue weighted by molar-refractivity contribution is 6.36. The highest BCUT2D eigenvalue weighted by atomic mass is 19.1. The molecule has 4 heteroatoms. The third-order valence-corrected chi connectivity index (χ3v) is 1.28. The van der Waals surface area contributed by atoms with Gasteiger partial charge in [-0.2, -0.15) is 0 Å². The van der Waals surface area contributed by atoms with E-state index >= 15 is 0 Å². The molecule has 0 N–H and O–H groups in total. The van der Waals surface area contributed by atoms with E-state index in [0.29, 0.717) is 0 Å². The number of ketones is 1. The van der Waals surface area contributed by atoms with Gasteiger partial charge in [-0.15, -0.1) is 0 Å². The van der Waals surface area contributed by atoms with Crippen LogP contribution in [0, 0.1) is 5.82 Å². The highest BCUT2D eigenvalue weighted by Crippen LogP contribution is 2.01. The predicted octanol–water partition coefficient (Wildman–Crippen LogP) is 0.217. The Balaban J connectivity index is 3.32. The second kappa shape index (κ2) is 2.82. The third-order valence-electron chi connectivity index (χ3n) is 1.28. The van der Waals surface area contributed by atoms with Gasteiger partial charge in [-0.05, 0) is 6.92 Å². The summed E-state index contributed by atoms with van der Waals surface area (Å²) >= 11 is 0. The molecule has 1 heterocycles. The molecule has 0 amide bonds. The molecule has 0 aliphatic carbocycles. The number of carbonyl (C=O) groups excluding carboxylic acids is 1. The van der Waals surface area contributed by atoms with E-state index in [9.17, 15) is 9.18 Å². The van der Waals surface area contributed by atoms with Gasteiger partial charge in [-0.3, -0.25) is 9.78 Å². The number of hydrogen-bond donors (Lipinski definition) is 0. The van der Waals surface area contributed by atoms with Crippen molar-refractivity contribution < 1.29 is 9.18 Å². The Morgan fingerprint density at radius 3 is 2.64 bits per heavy atom. The van der Waals surface area contributed by atoms with Gasteiger partial charge >= 0.3 is 0 Å². The van der Waals surface area contributed by atoms with E-state index in [-0.39, 0.29) is 16.8 Å². The summed E-state index contributed by atoms with van der Waals surface area (Å²) in [6, 6.07) is 0. The Kier molecular flexibility index (Phi) is 2.03. The molecule has 2 radical (unpaired) electrons. The standard InChI is InChI=1S/C7H5BFNO/c1-4(11)7-5(8)2-10-3-6(7)9/h2-3H,1H3. The number of rotatable bonds is 1. The quantitative estimate of drug-likeness (QED) is 0.422. The maximum atomic E-state index is 12.7. The summed E-state index contributed by atoms with van der Waals surface area (Å²) in [6.45, 7) is 1.26. The van der Waals surface area contributed by atoms with E-state index in [1.807, 2.05) is 0 Å². The molecule has 2 nitrogen and oxygen atoms in total. The molecule has 0 bridgehead atoms. The monoisotopic (exact) mass is 149 g/mol. The van der Waals surface area contributed by atoms with Gasteiger partial charge in [0.2, 0.25) is 0 Å². The first-order valence-corrected chi connectivity index (χ1v) is 3.03. The molecular formula is C7H5BFNO. The first-order chi connectivity index (χ1) is 5.13. The van der Waals surface area contributed by atoms with Crippen LogP contribution in [0.1, 0.15) is 17.3 Å². The van der Waals surface area contributed by atoms with Crippen molar-refractivity contribution >= 4 is 19.1 Å². The molecule has 0 aliphatic heterocycles. The first kappa shape index (κ1) is 7.92. The van der Waals surface area contributed by atoms with E-state index < -0.39 is 5.82 Å². The maximum absolute atomic E-state index is 12.7. The van der Waals surface area contributed by atoms with Gasteiger partial charge in [0.1, 0.15) is 7.85 Å². The minimum absolute atomic E-state index is 0.0810. The fourth-order valence-electron chi connectivity index (χ4n) is 0.821. The van der Waals surface area contributed by atoms with Gasteiger partial charge in [-0.1, -0.05) is 5.46 Å². The predicted molar refractivity (Wildman–Crippen MR) is 39.6 cm³/mol. The van der Waals surface area contributed by atoms with Crippen molar-refractivity contribution in [2.75, 3.05) is 0 Å². The third kappa shape index (κ3) is 1.45. The summed E-state index contributed by atoms with van der Waals surface area (Å²) in [5.41, 5.74) is -0.00231. The van der Waals surface area contributed by atoms with E-state index in [1.165, 1.54) is 13.1 Å². The minimum Gasteiger partial charge on any atom is -0.294 e. The average Bonchev–Trinajstić information content (AvgIpc) is 1.85. The zero-order valence-corrected chi connectivity index (χ0v) is 5.97. The molecule has 1 rings (SSSR count). The number of hydrogen-bond acceptors (Lipinski definition) is 2. The molecule has 0 aliphatic rings. The number of pyridine rings is 1. The van der Waals surface area contributed by atoms with E-state index in [1.54, 1.807) is 0 Å². The molecule has 0 saturated heterocycles. The van der Waals surface area contributed by atoms with Crippen molar-refractivity contribution in [1.29, 1.82) is 0 Å². The first-order valence-electron chi connectivity index (χ1n) is 3.03. The second-order valence-corrected chi connectivity index (χ2v) is 2.14. The van der Waals surface area contributed by atoms with Crippen molar-refractivity contribution in [3.63, 3.8) is 0 Å². The lowest BCUT2D eigenvalue weighted by Gasteiger charge is -2.00. The Hall–Kier alpha value is -1.19. The number of aromatic nitrogens is 1. The Bertz CT molecular complexity index is 280. The van der Waals surface area contributed by atoms with Crippen LogP contribution >= 0.6 is 0 Å². The van der Waals surface area contributed by atoms with Gasteiger partial charge in [-0.25, -0.2) is 4.39 Å². The zero-order valence-electron chi connectivity index (χ0n) is 5.97. The van der Waals surface area contributed by atoms with Crippen LogP contribution in [0.25, 0.3) is 0 Å². The van der Waals surface area contributed by atoms with Crippen LogP contribution in [0.4, 0.5) is 4.39 Å². The van der Waals surface area contributed by atoms with E-state index in [0.717, 1.165) is 6.20 Å². The molecule has 0 aromatic carbocycles. The van der Waals surface area contributed by atoms with Crippen molar-refractivity contribution in [3.8, 4) is 0 Å². The molecule has 1 aromatic heterocycles. The molecule has 0 spiro atoms. The molecule has 54 valence electrons. The van der Waals surface area contributed by atoms with E-state index in [2.05, 4.69) is 4.98 Å². The second-order valence-electron chi connectivity index (χ2n) is 2.14. The zero-order chi connectivity index (χ0) is 8.43. The lowest BCUT2D eigenvalue weighted by molar-refractivity contribution is 0.101. The molecule has 0 atom stereocenters. The highest BCUT2D eigenvalue weighted by Gasteiger charge is 2.08. The lowest BCUT2D eigenvalue weighted by atomic mass is 9.91. The van der Waals surface area contributed by atoms with Crippen LogP contribution in [0.5, 0.6) is 0 Å². The minimum atomic E-state index is -0.669. The Labute approximate surface area is 64.9 Å². The van der Waals surface area contributed by atoms with Gasteiger partial charge in [0.05, 0.1) is 6.20 Å². The van der Waals surface area contributed by atoms with E-state index in [4.69, 9.17) is 7.85 Å².